The van der Waals surface area contributed by atoms with Crippen molar-refractivity contribution in [2.24, 2.45) is 0 Å². The number of fused-ring (bicyclic) bond motifs is 1. The van der Waals surface area contributed by atoms with E-state index < -0.39 is 5.91 Å². The van der Waals surface area contributed by atoms with E-state index in [0.29, 0.717) is 11.7 Å². The fourth-order valence-corrected chi connectivity index (χ4v) is 1.85. The summed E-state index contributed by atoms with van der Waals surface area (Å²) < 4.78 is 5.08. The van der Waals surface area contributed by atoms with Crippen LogP contribution in [0.5, 0.6) is 0 Å². The predicted molar refractivity (Wildman–Crippen MR) is 73.1 cm³/mol. The normalized spacial score (nSPS) is 10.7. The van der Waals surface area contributed by atoms with Crippen molar-refractivity contribution in [2.75, 3.05) is 11.1 Å². The Balaban J connectivity index is 1.95. The van der Waals surface area contributed by atoms with Crippen molar-refractivity contribution in [3.8, 4) is 0 Å². The number of nitrogens with zero attached hydrogens (tertiary/aromatic N) is 3. The third kappa shape index (κ3) is 2.16. The summed E-state index contributed by atoms with van der Waals surface area (Å²) in [4.78, 5) is 16.1. The van der Waals surface area contributed by atoms with Gasteiger partial charge in [-0.1, -0.05) is 29.4 Å². The van der Waals surface area contributed by atoms with E-state index in [-0.39, 0.29) is 11.7 Å². The molecule has 2 heterocycles. The van der Waals surface area contributed by atoms with Crippen LogP contribution in [0.1, 0.15) is 16.4 Å². The number of benzene rings is 1. The number of rotatable bonds is 2. The lowest BCUT2D eigenvalue weighted by molar-refractivity contribution is 0.101. The molecule has 1 aromatic carbocycles. The number of nitrogens with one attached hydrogen (secondary N) is 1. The third-order valence-electron chi connectivity index (χ3n) is 2.75. The van der Waals surface area contributed by atoms with Gasteiger partial charge < -0.3 is 10.2 Å². The summed E-state index contributed by atoms with van der Waals surface area (Å²) in [6, 6.07) is 9.12. The zero-order valence-electron chi connectivity index (χ0n) is 10.6. The van der Waals surface area contributed by atoms with Crippen LogP contribution >= 0.6 is 0 Å². The number of carbonyl (C=O) groups excluding carboxylic acids is 1. The minimum atomic E-state index is -0.453. The fourth-order valence-electron chi connectivity index (χ4n) is 1.85. The summed E-state index contributed by atoms with van der Waals surface area (Å²) in [5, 5.41) is 11.4. The molecule has 3 rings (SSSR count). The number of hydrogen-bond acceptors (Lipinski definition) is 6. The van der Waals surface area contributed by atoms with E-state index in [1.54, 1.807) is 13.0 Å². The smallest absolute Gasteiger partial charge is 0.322 e. The number of aromatic nitrogens is 3. The minimum absolute atomic E-state index is 0.0287. The summed E-state index contributed by atoms with van der Waals surface area (Å²) in [7, 11) is 0. The molecular weight excluding hydrogens is 258 g/mol. The third-order valence-corrected chi connectivity index (χ3v) is 2.75. The molecule has 0 saturated carbocycles. The van der Waals surface area contributed by atoms with Gasteiger partial charge in [0.05, 0.1) is 0 Å². The molecular formula is C13H11N5O2. The monoisotopic (exact) mass is 269 g/mol. The number of amides is 1. The highest BCUT2D eigenvalue weighted by Gasteiger charge is 2.13. The van der Waals surface area contributed by atoms with Gasteiger partial charge in [0.15, 0.2) is 0 Å². The molecule has 7 nitrogen and oxygen atoms in total. The maximum Gasteiger partial charge on any atom is 0.322 e. The van der Waals surface area contributed by atoms with Crippen LogP contribution in [0.3, 0.4) is 0 Å². The highest BCUT2D eigenvalue weighted by Crippen LogP contribution is 2.20. The Morgan fingerprint density at radius 1 is 1.30 bits per heavy atom. The summed E-state index contributed by atoms with van der Waals surface area (Å²) in [5.41, 5.74) is 6.04. The summed E-state index contributed by atoms with van der Waals surface area (Å²) in [5.74, 6) is 0.215. The van der Waals surface area contributed by atoms with E-state index in [0.717, 1.165) is 10.8 Å². The predicted octanol–water partition coefficient (Wildman–Crippen LogP) is 1.76. The molecule has 0 spiro atoms. The number of nitrogens with two attached hydrogens (primary N) is 1. The number of anilines is 2. The number of aryl methyl sites for hydroxylation is 1. The topological polar surface area (TPSA) is 107 Å². The fraction of sp³-hybridized carbons (Fsp3) is 0.0769. The Labute approximate surface area is 113 Å². The van der Waals surface area contributed by atoms with Gasteiger partial charge in [-0.3, -0.25) is 10.1 Å². The van der Waals surface area contributed by atoms with Crippen LogP contribution in [0.4, 0.5) is 11.8 Å². The molecule has 0 atom stereocenters. The Kier molecular flexibility index (Phi) is 2.79. The van der Waals surface area contributed by atoms with Gasteiger partial charge in [-0.15, -0.1) is 5.10 Å². The van der Waals surface area contributed by atoms with Gasteiger partial charge in [-0.05, 0) is 11.5 Å². The highest BCUT2D eigenvalue weighted by atomic mass is 16.4. The first-order valence-electron chi connectivity index (χ1n) is 5.90. The van der Waals surface area contributed by atoms with Gasteiger partial charge in [0.2, 0.25) is 5.89 Å². The van der Waals surface area contributed by atoms with Crippen LogP contribution < -0.4 is 11.1 Å². The average molecular weight is 269 g/mol. The van der Waals surface area contributed by atoms with Crippen molar-refractivity contribution >= 4 is 28.5 Å². The highest BCUT2D eigenvalue weighted by molar-refractivity contribution is 6.05. The lowest BCUT2D eigenvalue weighted by Gasteiger charge is -2.05. The van der Waals surface area contributed by atoms with Gasteiger partial charge in [0.1, 0.15) is 11.5 Å². The van der Waals surface area contributed by atoms with Gasteiger partial charge in [-0.25, -0.2) is 4.98 Å². The zero-order chi connectivity index (χ0) is 14.1. The second-order valence-corrected chi connectivity index (χ2v) is 4.19. The van der Waals surface area contributed by atoms with Crippen molar-refractivity contribution in [3.05, 3.63) is 41.9 Å². The zero-order valence-corrected chi connectivity index (χ0v) is 10.6. The molecule has 0 saturated heterocycles. The molecule has 0 aliphatic rings. The summed E-state index contributed by atoms with van der Waals surface area (Å²) >= 11 is 0. The van der Waals surface area contributed by atoms with Crippen molar-refractivity contribution in [1.29, 1.82) is 0 Å². The first-order chi connectivity index (χ1) is 9.63. The second kappa shape index (κ2) is 4.61. The largest absolute Gasteiger partial charge is 0.408 e. The van der Waals surface area contributed by atoms with E-state index >= 15 is 0 Å². The Bertz CT molecular complexity index is 796. The van der Waals surface area contributed by atoms with Crippen LogP contribution in [-0.2, 0) is 0 Å². The van der Waals surface area contributed by atoms with Gasteiger partial charge in [0, 0.05) is 12.3 Å². The minimum Gasteiger partial charge on any atom is -0.408 e. The molecule has 0 aliphatic heterocycles. The number of hydrogen-bond donors (Lipinski definition) is 2. The van der Waals surface area contributed by atoms with Crippen LogP contribution in [-0.4, -0.2) is 21.1 Å². The Hall–Kier alpha value is -2.96. The summed E-state index contributed by atoms with van der Waals surface area (Å²) in [6.45, 7) is 1.63. The molecule has 0 fully saturated rings. The van der Waals surface area contributed by atoms with E-state index in [4.69, 9.17) is 10.2 Å². The lowest BCUT2D eigenvalue weighted by atomic mass is 10.1. The van der Waals surface area contributed by atoms with Gasteiger partial charge >= 0.3 is 6.01 Å². The molecule has 0 aliphatic carbocycles. The molecule has 0 bridgehead atoms. The first-order valence-corrected chi connectivity index (χ1v) is 5.90. The van der Waals surface area contributed by atoms with E-state index in [2.05, 4.69) is 20.5 Å². The van der Waals surface area contributed by atoms with E-state index in [1.807, 2.05) is 24.3 Å². The Morgan fingerprint density at radius 2 is 2.10 bits per heavy atom. The van der Waals surface area contributed by atoms with Gasteiger partial charge in [0.25, 0.3) is 5.91 Å². The van der Waals surface area contributed by atoms with Crippen LogP contribution in [0.2, 0.25) is 0 Å². The van der Waals surface area contributed by atoms with E-state index in [9.17, 15) is 4.79 Å². The molecule has 3 aromatic rings. The maximum absolute atomic E-state index is 12.1. The van der Waals surface area contributed by atoms with Crippen LogP contribution in [0.15, 0.2) is 34.7 Å². The standard InChI is InChI=1S/C13H11N5O2/c1-7-17-18-13(20-7)16-12(19)10-6-8-4-2-3-5-9(8)11(14)15-10/h2-6H,1H3,(H2,14,15)(H,16,18,19). The maximum atomic E-state index is 12.1. The Morgan fingerprint density at radius 3 is 2.85 bits per heavy atom. The molecule has 7 heteroatoms. The molecule has 2 aromatic heterocycles. The van der Waals surface area contributed by atoms with Crippen molar-refractivity contribution in [1.82, 2.24) is 15.2 Å². The number of pyridine rings is 1. The van der Waals surface area contributed by atoms with Crippen molar-refractivity contribution in [2.45, 2.75) is 6.92 Å². The van der Waals surface area contributed by atoms with Crippen molar-refractivity contribution < 1.29 is 9.21 Å². The van der Waals surface area contributed by atoms with Crippen LogP contribution in [0, 0.1) is 6.92 Å². The van der Waals surface area contributed by atoms with E-state index in [1.165, 1.54) is 0 Å². The SMILES string of the molecule is Cc1nnc(NC(=O)c2cc3ccccc3c(N)n2)o1. The molecule has 3 N–H and O–H groups in total. The lowest BCUT2D eigenvalue weighted by Crippen LogP contribution is -2.14. The molecule has 20 heavy (non-hydrogen) atoms. The molecule has 1 amide bonds. The molecule has 0 unspecified atom stereocenters. The van der Waals surface area contributed by atoms with Crippen LogP contribution in [0.25, 0.3) is 10.8 Å². The van der Waals surface area contributed by atoms with Gasteiger partial charge in [-0.2, -0.15) is 0 Å². The number of nitrogen functional groups attached to an aromatic ring is 1. The average Bonchev–Trinajstić information content (AvgIpc) is 2.84. The quantitative estimate of drug-likeness (QED) is 0.734. The molecule has 0 radical (unpaired) electrons. The number of carbonyl (C=O) groups is 1. The second-order valence-electron chi connectivity index (χ2n) is 4.19. The first kappa shape index (κ1) is 12.1. The van der Waals surface area contributed by atoms with Crippen molar-refractivity contribution in [3.63, 3.8) is 0 Å². The summed E-state index contributed by atoms with van der Waals surface area (Å²) in [6.07, 6.45) is 0. The molecule has 100 valence electrons.